The van der Waals surface area contributed by atoms with Gasteiger partial charge in [0, 0.05) is 31.1 Å². The van der Waals surface area contributed by atoms with Crippen LogP contribution in [-0.2, 0) is 0 Å². The number of carbonyl (C=O) groups excluding carboxylic acids is 1. The molecule has 2 saturated heterocycles. The van der Waals surface area contributed by atoms with E-state index in [0.29, 0.717) is 30.2 Å². The summed E-state index contributed by atoms with van der Waals surface area (Å²) in [4.78, 5) is 17.8. The quantitative estimate of drug-likeness (QED) is 0.695. The van der Waals surface area contributed by atoms with Gasteiger partial charge < -0.3 is 19.3 Å². The molecule has 0 unspecified atom stereocenters. The van der Waals surface area contributed by atoms with Gasteiger partial charge in [0.2, 0.25) is 0 Å². The van der Waals surface area contributed by atoms with Crippen molar-refractivity contribution in [2.24, 2.45) is 5.92 Å². The molecule has 4 rings (SSSR count). The topological polar surface area (TPSA) is 42.0 Å². The molecule has 6 heteroatoms. The van der Waals surface area contributed by atoms with Crippen LogP contribution in [0.3, 0.4) is 0 Å². The third-order valence-corrected chi connectivity index (χ3v) is 6.58. The van der Waals surface area contributed by atoms with Gasteiger partial charge in [-0.25, -0.2) is 4.39 Å². The number of hydrogen-bond acceptors (Lipinski definition) is 4. The second-order valence-corrected chi connectivity index (χ2v) is 8.56. The predicted molar refractivity (Wildman–Crippen MR) is 118 cm³/mol. The van der Waals surface area contributed by atoms with Crippen molar-refractivity contribution >= 4 is 5.91 Å². The second kappa shape index (κ2) is 9.69. The lowest BCUT2D eigenvalue weighted by atomic mass is 9.88. The highest BCUT2D eigenvalue weighted by Gasteiger charge is 2.37. The Morgan fingerprint density at radius 2 is 1.77 bits per heavy atom. The average molecular weight is 427 g/mol. The van der Waals surface area contributed by atoms with Crippen LogP contribution >= 0.6 is 0 Å². The van der Waals surface area contributed by atoms with Crippen LogP contribution in [0.15, 0.2) is 42.5 Å². The number of methoxy groups -OCH3 is 2. The summed E-state index contributed by atoms with van der Waals surface area (Å²) >= 11 is 0. The van der Waals surface area contributed by atoms with Crippen molar-refractivity contribution in [3.05, 3.63) is 59.4 Å². The third-order valence-electron chi connectivity index (χ3n) is 6.58. The van der Waals surface area contributed by atoms with Crippen molar-refractivity contribution in [2.75, 3.05) is 46.9 Å². The van der Waals surface area contributed by atoms with E-state index in [1.807, 2.05) is 11.0 Å². The molecule has 2 fully saturated rings. The van der Waals surface area contributed by atoms with Crippen LogP contribution in [0.4, 0.5) is 4.39 Å². The van der Waals surface area contributed by atoms with Gasteiger partial charge >= 0.3 is 0 Å². The zero-order chi connectivity index (χ0) is 21.8. The Balaban J connectivity index is 1.56. The smallest absolute Gasteiger partial charge is 0.254 e. The van der Waals surface area contributed by atoms with E-state index in [0.717, 1.165) is 25.2 Å². The molecule has 2 aliphatic heterocycles. The highest BCUT2D eigenvalue weighted by Crippen LogP contribution is 2.36. The maximum atomic E-state index is 14.0. The molecule has 2 atom stereocenters. The summed E-state index contributed by atoms with van der Waals surface area (Å²) in [6, 6.07) is 12.1. The first-order valence-corrected chi connectivity index (χ1v) is 11.1. The number of nitrogens with zero attached hydrogens (tertiary/aromatic N) is 2. The van der Waals surface area contributed by atoms with Crippen molar-refractivity contribution in [3.63, 3.8) is 0 Å². The highest BCUT2D eigenvalue weighted by atomic mass is 19.1. The van der Waals surface area contributed by atoms with Crippen LogP contribution in [0.2, 0.25) is 0 Å². The van der Waals surface area contributed by atoms with Crippen molar-refractivity contribution in [2.45, 2.75) is 25.2 Å². The fourth-order valence-electron chi connectivity index (χ4n) is 4.96. The molecule has 0 N–H and O–H groups in total. The van der Waals surface area contributed by atoms with Crippen LogP contribution < -0.4 is 9.47 Å². The van der Waals surface area contributed by atoms with Gasteiger partial charge in [-0.2, -0.15) is 0 Å². The first kappa shape index (κ1) is 21.6. The number of piperidine rings is 1. The first-order chi connectivity index (χ1) is 15.1. The first-order valence-electron chi connectivity index (χ1n) is 11.1. The van der Waals surface area contributed by atoms with E-state index in [9.17, 15) is 9.18 Å². The maximum Gasteiger partial charge on any atom is 0.254 e. The SMILES string of the molecule is COc1ccc(C(=O)N2C[C@@H](CN3CCCCC3)[C@H](c3cccc(F)c3)C2)cc1OC. The number of amides is 1. The molecular weight excluding hydrogens is 395 g/mol. The molecular formula is C25H31FN2O3. The summed E-state index contributed by atoms with van der Waals surface area (Å²) in [6.07, 6.45) is 3.75. The lowest BCUT2D eigenvalue weighted by molar-refractivity contribution is 0.0781. The van der Waals surface area contributed by atoms with E-state index >= 15 is 0 Å². The Hall–Kier alpha value is -2.60. The average Bonchev–Trinajstić information content (AvgIpc) is 3.22. The monoisotopic (exact) mass is 426 g/mol. The number of benzene rings is 2. The normalized spacial score (nSPS) is 21.8. The zero-order valence-electron chi connectivity index (χ0n) is 18.4. The Kier molecular flexibility index (Phi) is 6.76. The molecule has 0 bridgehead atoms. The van der Waals surface area contributed by atoms with E-state index in [1.54, 1.807) is 44.6 Å². The van der Waals surface area contributed by atoms with Crippen molar-refractivity contribution in [1.29, 1.82) is 0 Å². The summed E-state index contributed by atoms with van der Waals surface area (Å²) in [5.74, 6) is 1.30. The molecule has 31 heavy (non-hydrogen) atoms. The molecule has 166 valence electrons. The molecule has 5 nitrogen and oxygen atoms in total. The lowest BCUT2D eigenvalue weighted by Crippen LogP contribution is -2.36. The van der Waals surface area contributed by atoms with Crippen LogP contribution in [0.1, 0.15) is 41.1 Å². The van der Waals surface area contributed by atoms with Crippen molar-refractivity contribution < 1.29 is 18.7 Å². The minimum atomic E-state index is -0.223. The number of ether oxygens (including phenoxy) is 2. The van der Waals surface area contributed by atoms with Crippen molar-refractivity contribution in [3.8, 4) is 11.5 Å². The van der Waals surface area contributed by atoms with Crippen LogP contribution in [0.25, 0.3) is 0 Å². The van der Waals surface area contributed by atoms with Crippen LogP contribution in [0.5, 0.6) is 11.5 Å². The number of rotatable bonds is 6. The molecule has 2 heterocycles. The summed E-state index contributed by atoms with van der Waals surface area (Å²) < 4.78 is 24.6. The molecule has 1 amide bonds. The van der Waals surface area contributed by atoms with Gasteiger partial charge in [0.25, 0.3) is 5.91 Å². The van der Waals surface area contributed by atoms with E-state index in [4.69, 9.17) is 9.47 Å². The lowest BCUT2D eigenvalue weighted by Gasteiger charge is -2.31. The predicted octanol–water partition coefficient (Wildman–Crippen LogP) is 4.18. The molecule has 2 aromatic carbocycles. The summed E-state index contributed by atoms with van der Waals surface area (Å²) in [7, 11) is 3.14. The van der Waals surface area contributed by atoms with Crippen molar-refractivity contribution in [1.82, 2.24) is 9.80 Å². The van der Waals surface area contributed by atoms with Gasteiger partial charge in [0.1, 0.15) is 5.82 Å². The standard InChI is InChI=1S/C25H31FN2O3/c1-30-23-10-9-19(14-24(23)31-2)25(29)28-16-20(15-27-11-4-3-5-12-27)22(17-28)18-7-6-8-21(26)13-18/h6-10,13-14,20,22H,3-5,11-12,15-17H2,1-2H3/t20-,22+/m1/s1. The maximum absolute atomic E-state index is 14.0. The minimum absolute atomic E-state index is 0.0245. The van der Waals surface area contributed by atoms with Gasteiger partial charge in [0.15, 0.2) is 11.5 Å². The summed E-state index contributed by atoms with van der Waals surface area (Å²) in [5, 5.41) is 0. The Morgan fingerprint density at radius 1 is 1.00 bits per heavy atom. The molecule has 0 aromatic heterocycles. The molecule has 0 spiro atoms. The fraction of sp³-hybridized carbons (Fsp3) is 0.480. The van der Waals surface area contributed by atoms with Gasteiger partial charge in [-0.1, -0.05) is 18.6 Å². The Labute approximate surface area is 183 Å². The van der Waals surface area contributed by atoms with Crippen LogP contribution in [0, 0.1) is 11.7 Å². The molecule has 0 aliphatic carbocycles. The molecule has 0 saturated carbocycles. The zero-order valence-corrected chi connectivity index (χ0v) is 18.4. The van der Waals surface area contributed by atoms with Gasteiger partial charge in [-0.05, 0) is 67.7 Å². The van der Waals surface area contributed by atoms with Crippen LogP contribution in [-0.4, -0.2) is 62.7 Å². The highest BCUT2D eigenvalue weighted by molar-refractivity contribution is 5.95. The summed E-state index contributed by atoms with van der Waals surface area (Å²) in [6.45, 7) is 4.42. The number of likely N-dealkylation sites (tertiary alicyclic amines) is 2. The van der Waals surface area contributed by atoms with E-state index < -0.39 is 0 Å². The molecule has 2 aromatic rings. The summed E-state index contributed by atoms with van der Waals surface area (Å²) in [5.41, 5.74) is 1.55. The van der Waals surface area contributed by atoms with E-state index in [1.165, 1.54) is 25.3 Å². The Bertz CT molecular complexity index is 913. The number of carbonyl (C=O) groups is 1. The van der Waals surface area contributed by atoms with E-state index in [-0.39, 0.29) is 23.6 Å². The molecule has 0 radical (unpaired) electrons. The van der Waals surface area contributed by atoms with Gasteiger partial charge in [-0.3, -0.25) is 4.79 Å². The number of hydrogen-bond donors (Lipinski definition) is 0. The number of halogens is 1. The molecule has 2 aliphatic rings. The van der Waals surface area contributed by atoms with Gasteiger partial charge in [-0.15, -0.1) is 0 Å². The third kappa shape index (κ3) is 4.85. The van der Waals surface area contributed by atoms with E-state index in [2.05, 4.69) is 4.90 Å². The van der Waals surface area contributed by atoms with Gasteiger partial charge in [0.05, 0.1) is 14.2 Å². The second-order valence-electron chi connectivity index (χ2n) is 8.56. The Morgan fingerprint density at radius 3 is 2.48 bits per heavy atom. The largest absolute Gasteiger partial charge is 0.493 e. The minimum Gasteiger partial charge on any atom is -0.493 e. The fourth-order valence-corrected chi connectivity index (χ4v) is 4.96.